The Hall–Kier alpha value is -2.62. The third-order valence-electron chi connectivity index (χ3n) is 3.87. The Morgan fingerprint density at radius 2 is 2.17 bits per heavy atom. The first-order valence-electron chi connectivity index (χ1n) is 7.92. The van der Waals surface area contributed by atoms with Gasteiger partial charge >= 0.3 is 0 Å². The summed E-state index contributed by atoms with van der Waals surface area (Å²) in [6, 6.07) is 13.2. The largest absolute Gasteiger partial charge is 0.439 e. The van der Waals surface area contributed by atoms with E-state index in [1.807, 2.05) is 42.5 Å². The van der Waals surface area contributed by atoms with Crippen LogP contribution in [0.2, 0.25) is 0 Å². The van der Waals surface area contributed by atoms with Gasteiger partial charge in [-0.25, -0.2) is 4.98 Å². The van der Waals surface area contributed by atoms with Gasteiger partial charge in [0.25, 0.3) is 0 Å². The topological polar surface area (TPSA) is 51.2 Å². The quantitative estimate of drug-likeness (QED) is 0.854. The second kappa shape index (κ2) is 7.58. The first kappa shape index (κ1) is 15.3. The van der Waals surface area contributed by atoms with E-state index in [0.717, 1.165) is 30.6 Å². The van der Waals surface area contributed by atoms with E-state index in [-0.39, 0.29) is 11.8 Å². The van der Waals surface area contributed by atoms with Crippen molar-refractivity contribution in [2.75, 3.05) is 0 Å². The molecule has 1 aliphatic rings. The van der Waals surface area contributed by atoms with Crippen LogP contribution >= 0.6 is 0 Å². The molecule has 3 rings (SSSR count). The number of ether oxygens (including phenoxy) is 1. The van der Waals surface area contributed by atoms with Crippen LogP contribution in [0.1, 0.15) is 24.8 Å². The minimum absolute atomic E-state index is 0.105. The molecule has 0 spiro atoms. The van der Waals surface area contributed by atoms with E-state index in [2.05, 4.69) is 22.5 Å². The van der Waals surface area contributed by atoms with Crippen molar-refractivity contribution < 1.29 is 9.53 Å². The number of amides is 1. The molecule has 1 N–H and O–H groups in total. The van der Waals surface area contributed by atoms with Crippen LogP contribution in [0.3, 0.4) is 0 Å². The molecule has 1 aromatic heterocycles. The minimum atomic E-state index is 0.105. The lowest BCUT2D eigenvalue weighted by Crippen LogP contribution is -2.30. The molecule has 23 heavy (non-hydrogen) atoms. The van der Waals surface area contributed by atoms with Crippen molar-refractivity contribution in [2.45, 2.75) is 25.8 Å². The first-order valence-corrected chi connectivity index (χ1v) is 7.92. The number of nitrogens with one attached hydrogen (secondary N) is 1. The average Bonchev–Trinajstić information content (AvgIpc) is 2.62. The standard InChI is InChI=1S/C19H20N2O2/c22-19(16-8-2-1-3-9-16)21-14-15-7-6-10-17(13-15)23-18-11-4-5-12-20-18/h1-2,4-7,10-13,16H,3,8-9,14H2,(H,21,22). The third-order valence-corrected chi connectivity index (χ3v) is 3.87. The summed E-state index contributed by atoms with van der Waals surface area (Å²) in [5, 5.41) is 3.02. The highest BCUT2D eigenvalue weighted by molar-refractivity contribution is 5.78. The van der Waals surface area contributed by atoms with Gasteiger partial charge in [0.1, 0.15) is 5.75 Å². The summed E-state index contributed by atoms with van der Waals surface area (Å²) in [4.78, 5) is 16.3. The average molecular weight is 308 g/mol. The Morgan fingerprint density at radius 3 is 2.96 bits per heavy atom. The molecule has 1 amide bonds. The van der Waals surface area contributed by atoms with Crippen molar-refractivity contribution in [1.82, 2.24) is 10.3 Å². The van der Waals surface area contributed by atoms with E-state index in [9.17, 15) is 4.79 Å². The highest BCUT2D eigenvalue weighted by Crippen LogP contribution is 2.21. The zero-order chi connectivity index (χ0) is 15.9. The van der Waals surface area contributed by atoms with Gasteiger partial charge < -0.3 is 10.1 Å². The number of benzene rings is 1. The van der Waals surface area contributed by atoms with Crippen molar-refractivity contribution in [3.05, 3.63) is 66.4 Å². The van der Waals surface area contributed by atoms with Crippen LogP contribution in [-0.2, 0) is 11.3 Å². The van der Waals surface area contributed by atoms with Crippen molar-refractivity contribution in [1.29, 1.82) is 0 Å². The van der Waals surface area contributed by atoms with Gasteiger partial charge in [0.15, 0.2) is 0 Å². The molecule has 0 radical (unpaired) electrons. The van der Waals surface area contributed by atoms with Crippen LogP contribution in [0.25, 0.3) is 0 Å². The fourth-order valence-corrected chi connectivity index (χ4v) is 2.61. The summed E-state index contributed by atoms with van der Waals surface area (Å²) in [7, 11) is 0. The predicted molar refractivity (Wildman–Crippen MR) is 89.1 cm³/mol. The van der Waals surface area contributed by atoms with Gasteiger partial charge in [-0.2, -0.15) is 0 Å². The fourth-order valence-electron chi connectivity index (χ4n) is 2.61. The monoisotopic (exact) mass is 308 g/mol. The SMILES string of the molecule is O=C(NCc1cccc(Oc2ccccn2)c1)C1CC=CCC1. The zero-order valence-electron chi connectivity index (χ0n) is 12.9. The smallest absolute Gasteiger partial charge is 0.223 e. The third kappa shape index (κ3) is 4.42. The lowest BCUT2D eigenvalue weighted by molar-refractivity contribution is -0.125. The maximum atomic E-state index is 12.2. The Morgan fingerprint density at radius 1 is 1.22 bits per heavy atom. The molecule has 0 fully saturated rings. The van der Waals surface area contributed by atoms with E-state index in [1.54, 1.807) is 6.20 Å². The number of rotatable bonds is 5. The summed E-state index contributed by atoms with van der Waals surface area (Å²) in [5.41, 5.74) is 1.01. The molecule has 1 heterocycles. The maximum Gasteiger partial charge on any atom is 0.223 e. The van der Waals surface area contributed by atoms with Crippen LogP contribution in [0, 0.1) is 5.92 Å². The van der Waals surface area contributed by atoms with Gasteiger partial charge in [-0.1, -0.05) is 30.4 Å². The van der Waals surface area contributed by atoms with E-state index in [0.29, 0.717) is 12.4 Å². The first-order chi connectivity index (χ1) is 11.3. The minimum Gasteiger partial charge on any atom is -0.439 e. The van der Waals surface area contributed by atoms with Crippen LogP contribution < -0.4 is 10.1 Å². The van der Waals surface area contributed by atoms with E-state index in [4.69, 9.17) is 4.74 Å². The maximum absolute atomic E-state index is 12.2. The molecular formula is C19H20N2O2. The molecular weight excluding hydrogens is 288 g/mol. The Kier molecular flexibility index (Phi) is 5.04. The van der Waals surface area contributed by atoms with E-state index in [1.165, 1.54) is 0 Å². The fraction of sp³-hybridized carbons (Fsp3) is 0.263. The Bertz CT molecular complexity index is 683. The molecule has 0 bridgehead atoms. The lowest BCUT2D eigenvalue weighted by atomic mass is 9.93. The molecule has 0 saturated heterocycles. The van der Waals surface area contributed by atoms with Gasteiger partial charge in [-0.15, -0.1) is 0 Å². The van der Waals surface area contributed by atoms with Crippen LogP contribution in [0.15, 0.2) is 60.8 Å². The molecule has 1 unspecified atom stereocenters. The number of carbonyl (C=O) groups excluding carboxylic acids is 1. The summed E-state index contributed by atoms with van der Waals surface area (Å²) < 4.78 is 5.71. The summed E-state index contributed by atoms with van der Waals surface area (Å²) >= 11 is 0. The number of carbonyl (C=O) groups is 1. The van der Waals surface area contributed by atoms with Gasteiger partial charge in [0, 0.05) is 24.7 Å². The Balaban J connectivity index is 1.57. The molecule has 4 nitrogen and oxygen atoms in total. The molecule has 0 saturated carbocycles. The van der Waals surface area contributed by atoms with Crippen LogP contribution in [0.4, 0.5) is 0 Å². The van der Waals surface area contributed by atoms with Gasteiger partial charge in [-0.05, 0) is 43.0 Å². The van der Waals surface area contributed by atoms with Crippen LogP contribution in [-0.4, -0.2) is 10.9 Å². The molecule has 118 valence electrons. The molecule has 0 aliphatic heterocycles. The number of aromatic nitrogens is 1. The molecule has 1 atom stereocenters. The number of hydrogen-bond donors (Lipinski definition) is 1. The van der Waals surface area contributed by atoms with E-state index < -0.39 is 0 Å². The Labute approximate surface area is 136 Å². The number of hydrogen-bond acceptors (Lipinski definition) is 3. The normalized spacial score (nSPS) is 16.8. The highest BCUT2D eigenvalue weighted by atomic mass is 16.5. The second-order valence-corrected chi connectivity index (χ2v) is 5.62. The van der Waals surface area contributed by atoms with Crippen LogP contribution in [0.5, 0.6) is 11.6 Å². The summed E-state index contributed by atoms with van der Waals surface area (Å²) in [5.74, 6) is 1.51. The second-order valence-electron chi connectivity index (χ2n) is 5.62. The lowest BCUT2D eigenvalue weighted by Gasteiger charge is -2.17. The number of nitrogens with zero attached hydrogens (tertiary/aromatic N) is 1. The van der Waals surface area contributed by atoms with Gasteiger partial charge in [0.2, 0.25) is 11.8 Å². The van der Waals surface area contributed by atoms with Crippen molar-refractivity contribution >= 4 is 5.91 Å². The molecule has 1 aromatic carbocycles. The zero-order valence-corrected chi connectivity index (χ0v) is 12.9. The summed E-state index contributed by atoms with van der Waals surface area (Å²) in [6.45, 7) is 0.512. The molecule has 1 aliphatic carbocycles. The van der Waals surface area contributed by atoms with E-state index >= 15 is 0 Å². The van der Waals surface area contributed by atoms with Gasteiger partial charge in [-0.3, -0.25) is 4.79 Å². The summed E-state index contributed by atoms with van der Waals surface area (Å²) in [6.07, 6.45) is 8.70. The molecule has 2 aromatic rings. The predicted octanol–water partition coefficient (Wildman–Crippen LogP) is 3.85. The van der Waals surface area contributed by atoms with Crippen molar-refractivity contribution in [3.8, 4) is 11.6 Å². The number of pyridine rings is 1. The van der Waals surface area contributed by atoms with Crippen molar-refractivity contribution in [3.63, 3.8) is 0 Å². The van der Waals surface area contributed by atoms with Crippen molar-refractivity contribution in [2.24, 2.45) is 5.92 Å². The van der Waals surface area contributed by atoms with Gasteiger partial charge in [0.05, 0.1) is 0 Å². The highest BCUT2D eigenvalue weighted by Gasteiger charge is 2.18. The number of allylic oxidation sites excluding steroid dienone is 2. The molecule has 4 heteroatoms.